The first-order valence-electron chi connectivity index (χ1n) is 7.40. The Bertz CT molecular complexity index is 556. The molecular formula is C18H22FNS. The number of hydrogen-bond acceptors (Lipinski definition) is 2. The zero-order valence-electron chi connectivity index (χ0n) is 12.6. The predicted octanol–water partition coefficient (Wildman–Crippen LogP) is 5.18. The van der Waals surface area contributed by atoms with Gasteiger partial charge >= 0.3 is 0 Å². The van der Waals surface area contributed by atoms with Gasteiger partial charge in [-0.25, -0.2) is 4.39 Å². The molecule has 2 aromatic carbocycles. The standard InChI is InChI=1S/C18H22FNS/c1-3-11-20-14(2)17-12-16(19)9-10-18(17)21-13-15-7-5-4-6-8-15/h4-10,12,14,20H,3,11,13H2,1-2H3. The summed E-state index contributed by atoms with van der Waals surface area (Å²) < 4.78 is 13.6. The molecule has 0 fully saturated rings. The monoisotopic (exact) mass is 303 g/mol. The SMILES string of the molecule is CCCNC(C)c1cc(F)ccc1SCc1ccccc1. The van der Waals surface area contributed by atoms with Crippen molar-refractivity contribution in [1.29, 1.82) is 0 Å². The first-order chi connectivity index (χ1) is 10.2. The molecule has 0 bridgehead atoms. The maximum Gasteiger partial charge on any atom is 0.123 e. The molecule has 0 radical (unpaired) electrons. The second-order valence-electron chi connectivity index (χ2n) is 5.13. The van der Waals surface area contributed by atoms with Crippen molar-refractivity contribution in [1.82, 2.24) is 5.32 Å². The van der Waals surface area contributed by atoms with Crippen LogP contribution in [0, 0.1) is 5.82 Å². The number of benzene rings is 2. The summed E-state index contributed by atoms with van der Waals surface area (Å²) in [4.78, 5) is 1.15. The molecule has 3 heteroatoms. The van der Waals surface area contributed by atoms with E-state index < -0.39 is 0 Å². The second kappa shape index (κ2) is 8.20. The normalized spacial score (nSPS) is 12.3. The largest absolute Gasteiger partial charge is 0.310 e. The third kappa shape index (κ3) is 4.87. The van der Waals surface area contributed by atoms with Gasteiger partial charge in [-0.15, -0.1) is 11.8 Å². The van der Waals surface area contributed by atoms with Crippen molar-refractivity contribution >= 4 is 11.8 Å². The molecule has 0 heterocycles. The smallest absolute Gasteiger partial charge is 0.123 e. The highest BCUT2D eigenvalue weighted by molar-refractivity contribution is 7.98. The third-order valence-electron chi connectivity index (χ3n) is 3.38. The van der Waals surface area contributed by atoms with Crippen LogP contribution in [0.5, 0.6) is 0 Å². The summed E-state index contributed by atoms with van der Waals surface area (Å²) in [5, 5.41) is 3.43. The first kappa shape index (κ1) is 16.1. The van der Waals surface area contributed by atoms with Crippen LogP contribution in [0.2, 0.25) is 0 Å². The number of nitrogens with one attached hydrogen (secondary N) is 1. The van der Waals surface area contributed by atoms with E-state index in [4.69, 9.17) is 0 Å². The fourth-order valence-corrected chi connectivity index (χ4v) is 3.28. The van der Waals surface area contributed by atoms with E-state index in [2.05, 4.69) is 31.3 Å². The number of hydrogen-bond donors (Lipinski definition) is 1. The van der Waals surface area contributed by atoms with Crippen molar-refractivity contribution in [3.63, 3.8) is 0 Å². The van der Waals surface area contributed by atoms with E-state index in [-0.39, 0.29) is 11.9 Å². The lowest BCUT2D eigenvalue weighted by Gasteiger charge is -2.17. The van der Waals surface area contributed by atoms with E-state index in [0.717, 1.165) is 29.2 Å². The molecule has 0 aromatic heterocycles. The summed E-state index contributed by atoms with van der Waals surface area (Å²) in [5.41, 5.74) is 2.33. The van der Waals surface area contributed by atoms with Crippen LogP contribution in [-0.4, -0.2) is 6.54 Å². The first-order valence-corrected chi connectivity index (χ1v) is 8.39. The zero-order chi connectivity index (χ0) is 15.1. The van der Waals surface area contributed by atoms with Crippen LogP contribution >= 0.6 is 11.8 Å². The Morgan fingerprint density at radius 3 is 2.62 bits per heavy atom. The highest BCUT2D eigenvalue weighted by Gasteiger charge is 2.11. The minimum Gasteiger partial charge on any atom is -0.310 e. The van der Waals surface area contributed by atoms with E-state index in [0.29, 0.717) is 0 Å². The number of thioether (sulfide) groups is 1. The minimum absolute atomic E-state index is 0.166. The van der Waals surface area contributed by atoms with Crippen molar-refractivity contribution < 1.29 is 4.39 Å². The van der Waals surface area contributed by atoms with Gasteiger partial charge in [-0.1, -0.05) is 37.3 Å². The lowest BCUT2D eigenvalue weighted by atomic mass is 10.1. The van der Waals surface area contributed by atoms with Gasteiger partial charge in [-0.05, 0) is 49.2 Å². The molecule has 0 aliphatic carbocycles. The summed E-state index contributed by atoms with van der Waals surface area (Å²) in [5.74, 6) is 0.735. The summed E-state index contributed by atoms with van der Waals surface area (Å²) in [6.45, 7) is 5.17. The van der Waals surface area contributed by atoms with Gasteiger partial charge in [-0.3, -0.25) is 0 Å². The van der Waals surface area contributed by atoms with E-state index >= 15 is 0 Å². The molecule has 21 heavy (non-hydrogen) atoms. The van der Waals surface area contributed by atoms with Gasteiger partial charge in [0.2, 0.25) is 0 Å². The van der Waals surface area contributed by atoms with Gasteiger partial charge in [0.15, 0.2) is 0 Å². The third-order valence-corrected chi connectivity index (χ3v) is 4.54. The van der Waals surface area contributed by atoms with E-state index in [9.17, 15) is 4.39 Å². The zero-order valence-corrected chi connectivity index (χ0v) is 13.4. The summed E-state index contributed by atoms with van der Waals surface area (Å²) >= 11 is 1.76. The molecule has 0 amide bonds. The molecule has 0 aliphatic heterocycles. The summed E-state index contributed by atoms with van der Waals surface area (Å²) in [6, 6.07) is 15.6. The summed E-state index contributed by atoms with van der Waals surface area (Å²) in [6.07, 6.45) is 1.08. The van der Waals surface area contributed by atoms with Crippen LogP contribution in [0.3, 0.4) is 0 Å². The predicted molar refractivity (Wildman–Crippen MR) is 89.1 cm³/mol. The number of halogens is 1. The van der Waals surface area contributed by atoms with Crippen molar-refractivity contribution in [3.05, 3.63) is 65.5 Å². The van der Waals surface area contributed by atoms with Crippen molar-refractivity contribution in [2.75, 3.05) is 6.54 Å². The molecule has 1 unspecified atom stereocenters. The Labute approximate surface area is 131 Å². The Morgan fingerprint density at radius 1 is 1.14 bits per heavy atom. The van der Waals surface area contributed by atoms with Gasteiger partial charge in [0, 0.05) is 16.7 Å². The lowest BCUT2D eigenvalue weighted by molar-refractivity contribution is 0.554. The molecule has 0 saturated heterocycles. The van der Waals surface area contributed by atoms with Crippen LogP contribution in [0.15, 0.2) is 53.4 Å². The van der Waals surface area contributed by atoms with Crippen LogP contribution in [0.1, 0.15) is 37.4 Å². The lowest BCUT2D eigenvalue weighted by Crippen LogP contribution is -2.20. The highest BCUT2D eigenvalue weighted by atomic mass is 32.2. The Balaban J connectivity index is 2.11. The molecule has 2 rings (SSSR count). The Kier molecular flexibility index (Phi) is 6.27. The van der Waals surface area contributed by atoms with Crippen molar-refractivity contribution in [2.24, 2.45) is 0 Å². The fraction of sp³-hybridized carbons (Fsp3) is 0.333. The van der Waals surface area contributed by atoms with Gasteiger partial charge in [-0.2, -0.15) is 0 Å². The molecule has 0 aliphatic rings. The molecule has 1 atom stereocenters. The maximum atomic E-state index is 13.6. The second-order valence-corrected chi connectivity index (χ2v) is 6.15. The van der Waals surface area contributed by atoms with Gasteiger partial charge < -0.3 is 5.32 Å². The topological polar surface area (TPSA) is 12.0 Å². The summed E-state index contributed by atoms with van der Waals surface area (Å²) in [7, 11) is 0. The Hall–Kier alpha value is -1.32. The van der Waals surface area contributed by atoms with Gasteiger partial charge in [0.1, 0.15) is 5.82 Å². The molecule has 1 nitrogen and oxygen atoms in total. The highest BCUT2D eigenvalue weighted by Crippen LogP contribution is 2.30. The average molecular weight is 303 g/mol. The molecule has 0 saturated carbocycles. The molecule has 112 valence electrons. The quantitative estimate of drug-likeness (QED) is 0.707. The maximum absolute atomic E-state index is 13.6. The molecule has 0 spiro atoms. The van der Waals surface area contributed by atoms with Crippen LogP contribution in [0.25, 0.3) is 0 Å². The van der Waals surface area contributed by atoms with Crippen molar-refractivity contribution in [3.8, 4) is 0 Å². The van der Waals surface area contributed by atoms with Crippen LogP contribution < -0.4 is 5.32 Å². The number of rotatable bonds is 7. The van der Waals surface area contributed by atoms with E-state index in [1.165, 1.54) is 5.56 Å². The fourth-order valence-electron chi connectivity index (χ4n) is 2.20. The van der Waals surface area contributed by atoms with Crippen molar-refractivity contribution in [2.45, 2.75) is 37.0 Å². The van der Waals surface area contributed by atoms with E-state index in [1.54, 1.807) is 23.9 Å². The van der Waals surface area contributed by atoms with E-state index in [1.807, 2.05) is 24.3 Å². The minimum atomic E-state index is -0.167. The molecular weight excluding hydrogens is 281 g/mol. The molecule has 1 N–H and O–H groups in total. The molecule has 2 aromatic rings. The Morgan fingerprint density at radius 2 is 1.90 bits per heavy atom. The van der Waals surface area contributed by atoms with Gasteiger partial charge in [0.05, 0.1) is 0 Å². The van der Waals surface area contributed by atoms with Crippen LogP contribution in [0.4, 0.5) is 4.39 Å². The van der Waals surface area contributed by atoms with Crippen LogP contribution in [-0.2, 0) is 5.75 Å². The van der Waals surface area contributed by atoms with Gasteiger partial charge in [0.25, 0.3) is 0 Å². The average Bonchev–Trinajstić information content (AvgIpc) is 2.52.